The van der Waals surface area contributed by atoms with E-state index in [1.807, 2.05) is 26.0 Å². The first-order chi connectivity index (χ1) is 16.7. The predicted molar refractivity (Wildman–Crippen MR) is 127 cm³/mol. The molecule has 0 spiro atoms. The van der Waals surface area contributed by atoms with Gasteiger partial charge in [0.2, 0.25) is 5.95 Å². The molecule has 10 heteroatoms. The molecule has 3 aliphatic rings. The van der Waals surface area contributed by atoms with E-state index in [0.717, 1.165) is 35.7 Å². The minimum absolute atomic E-state index is 0.297. The van der Waals surface area contributed by atoms with Crippen LogP contribution < -0.4 is 15.1 Å². The normalized spacial score (nSPS) is 20.6. The van der Waals surface area contributed by atoms with Crippen molar-refractivity contribution in [2.24, 2.45) is 0 Å². The summed E-state index contributed by atoms with van der Waals surface area (Å²) in [5.74, 6) is 1.42. The van der Waals surface area contributed by atoms with Crippen molar-refractivity contribution < 1.29 is 19.0 Å². The molecule has 1 N–H and O–H groups in total. The molecule has 5 rings (SSSR count). The zero-order valence-electron chi connectivity index (χ0n) is 19.6. The van der Waals surface area contributed by atoms with Gasteiger partial charge in [-0.15, -0.1) is 0 Å². The second-order valence-electron chi connectivity index (χ2n) is 8.41. The summed E-state index contributed by atoms with van der Waals surface area (Å²) in [5.41, 5.74) is 3.03. The number of fused-ring (bicyclic) bond motifs is 1. The van der Waals surface area contributed by atoms with Crippen LogP contribution in [-0.2, 0) is 19.0 Å². The van der Waals surface area contributed by atoms with Gasteiger partial charge in [0.25, 0.3) is 0 Å². The van der Waals surface area contributed by atoms with Crippen LogP contribution in [0.2, 0.25) is 0 Å². The largest absolute Gasteiger partial charge is 0.463 e. The van der Waals surface area contributed by atoms with Gasteiger partial charge in [0.1, 0.15) is 11.6 Å². The molecule has 0 saturated carbocycles. The Bertz CT molecular complexity index is 1060. The Morgan fingerprint density at radius 1 is 1.12 bits per heavy atom. The molecule has 5 heterocycles. The molecule has 2 aromatic heterocycles. The van der Waals surface area contributed by atoms with Crippen molar-refractivity contribution in [1.82, 2.24) is 15.0 Å². The molecule has 34 heavy (non-hydrogen) atoms. The number of hydrogen-bond donors (Lipinski definition) is 1. The van der Waals surface area contributed by atoms with Crippen LogP contribution in [0, 0.1) is 0 Å². The number of carbonyl (C=O) groups is 1. The number of anilines is 3. The zero-order chi connectivity index (χ0) is 23.5. The first kappa shape index (κ1) is 22.5. The first-order valence-corrected chi connectivity index (χ1v) is 11.8. The topological polar surface area (TPSA) is 102 Å². The summed E-state index contributed by atoms with van der Waals surface area (Å²) in [6.07, 6.45) is 3.53. The molecule has 2 aromatic rings. The molecule has 2 saturated heterocycles. The standard InChI is InChI=1S/C24H30N6O4/c1-3-34-23(31)18-16(2)26-21-20(19(18)17-5-4-6-25-15-17)22(29-7-11-32-12-8-29)28-24(27-21)30-9-13-33-14-10-30/h4-6,15,19H,3,7-14H2,1-2H3,(H,26,27,28). The van der Waals surface area contributed by atoms with Gasteiger partial charge < -0.3 is 29.3 Å². The summed E-state index contributed by atoms with van der Waals surface area (Å²) < 4.78 is 16.6. The van der Waals surface area contributed by atoms with Crippen LogP contribution in [0.4, 0.5) is 17.6 Å². The molecular formula is C24H30N6O4. The number of nitrogens with one attached hydrogen (secondary N) is 1. The highest BCUT2D eigenvalue weighted by Crippen LogP contribution is 2.46. The molecule has 180 valence electrons. The molecule has 1 unspecified atom stereocenters. The van der Waals surface area contributed by atoms with Gasteiger partial charge in [-0.3, -0.25) is 4.98 Å². The van der Waals surface area contributed by atoms with Crippen molar-refractivity contribution >= 4 is 23.6 Å². The Morgan fingerprint density at radius 3 is 2.47 bits per heavy atom. The van der Waals surface area contributed by atoms with Crippen LogP contribution >= 0.6 is 0 Å². The van der Waals surface area contributed by atoms with Gasteiger partial charge in [-0.1, -0.05) is 6.07 Å². The van der Waals surface area contributed by atoms with Gasteiger partial charge in [-0.05, 0) is 25.5 Å². The summed E-state index contributed by atoms with van der Waals surface area (Å²) in [7, 11) is 0. The lowest BCUT2D eigenvalue weighted by Gasteiger charge is -2.37. The molecule has 0 bridgehead atoms. The third-order valence-electron chi connectivity index (χ3n) is 6.32. The van der Waals surface area contributed by atoms with Crippen molar-refractivity contribution in [1.29, 1.82) is 0 Å². The van der Waals surface area contributed by atoms with Crippen LogP contribution in [0.25, 0.3) is 0 Å². The lowest BCUT2D eigenvalue weighted by atomic mass is 9.82. The number of aromatic nitrogens is 3. The van der Waals surface area contributed by atoms with E-state index in [1.165, 1.54) is 0 Å². The van der Waals surface area contributed by atoms with Crippen molar-refractivity contribution in [3.05, 3.63) is 46.9 Å². The Morgan fingerprint density at radius 2 is 1.82 bits per heavy atom. The number of allylic oxidation sites excluding steroid dienone is 1. The zero-order valence-corrected chi connectivity index (χ0v) is 19.6. The highest BCUT2D eigenvalue weighted by Gasteiger charge is 2.38. The molecular weight excluding hydrogens is 436 g/mol. The number of nitrogens with zero attached hydrogens (tertiary/aromatic N) is 5. The summed E-state index contributed by atoms with van der Waals surface area (Å²) in [4.78, 5) is 31.9. The molecule has 0 radical (unpaired) electrons. The van der Waals surface area contributed by atoms with Gasteiger partial charge in [-0.25, -0.2) is 4.79 Å². The fraction of sp³-hybridized carbons (Fsp3) is 0.500. The van der Waals surface area contributed by atoms with E-state index in [2.05, 4.69) is 20.1 Å². The highest BCUT2D eigenvalue weighted by molar-refractivity contribution is 5.95. The van der Waals surface area contributed by atoms with Crippen LogP contribution in [0.15, 0.2) is 35.8 Å². The minimum atomic E-state index is -0.402. The average molecular weight is 467 g/mol. The van der Waals surface area contributed by atoms with E-state index >= 15 is 0 Å². The predicted octanol–water partition coefficient (Wildman–Crippen LogP) is 1.94. The molecule has 10 nitrogen and oxygen atoms in total. The van der Waals surface area contributed by atoms with E-state index in [0.29, 0.717) is 63.5 Å². The summed E-state index contributed by atoms with van der Waals surface area (Å²) in [6.45, 7) is 9.42. The Hall–Kier alpha value is -3.24. The van der Waals surface area contributed by atoms with Gasteiger partial charge in [0.05, 0.1) is 44.5 Å². The Labute approximate surface area is 198 Å². The summed E-state index contributed by atoms with van der Waals surface area (Å²) in [6, 6.07) is 3.87. The number of hydrogen-bond acceptors (Lipinski definition) is 10. The lowest BCUT2D eigenvalue weighted by Crippen LogP contribution is -2.41. The first-order valence-electron chi connectivity index (χ1n) is 11.8. The van der Waals surface area contributed by atoms with Crippen LogP contribution in [0.5, 0.6) is 0 Å². The molecule has 3 aliphatic heterocycles. The van der Waals surface area contributed by atoms with E-state index < -0.39 is 5.92 Å². The van der Waals surface area contributed by atoms with Crippen LogP contribution in [0.1, 0.15) is 30.9 Å². The second kappa shape index (κ2) is 9.94. The van der Waals surface area contributed by atoms with Crippen molar-refractivity contribution in [2.75, 3.05) is 74.3 Å². The molecule has 0 aromatic carbocycles. The van der Waals surface area contributed by atoms with Gasteiger partial charge in [-0.2, -0.15) is 9.97 Å². The summed E-state index contributed by atoms with van der Waals surface area (Å²) >= 11 is 0. The highest BCUT2D eigenvalue weighted by atomic mass is 16.5. The maximum Gasteiger partial charge on any atom is 0.336 e. The number of rotatable bonds is 5. The van der Waals surface area contributed by atoms with Gasteiger partial charge in [0.15, 0.2) is 0 Å². The van der Waals surface area contributed by atoms with E-state index in [9.17, 15) is 4.79 Å². The van der Waals surface area contributed by atoms with E-state index in [-0.39, 0.29) is 5.97 Å². The Balaban J connectivity index is 1.70. The lowest BCUT2D eigenvalue weighted by molar-refractivity contribution is -0.138. The van der Waals surface area contributed by atoms with E-state index in [1.54, 1.807) is 12.4 Å². The minimum Gasteiger partial charge on any atom is -0.463 e. The van der Waals surface area contributed by atoms with Crippen molar-refractivity contribution in [3.8, 4) is 0 Å². The third-order valence-corrected chi connectivity index (χ3v) is 6.32. The molecule has 1 atom stereocenters. The van der Waals surface area contributed by atoms with Crippen LogP contribution in [-0.4, -0.2) is 80.1 Å². The summed E-state index contributed by atoms with van der Waals surface area (Å²) in [5, 5.41) is 3.40. The van der Waals surface area contributed by atoms with E-state index in [4.69, 9.17) is 24.2 Å². The van der Waals surface area contributed by atoms with Crippen molar-refractivity contribution in [3.63, 3.8) is 0 Å². The van der Waals surface area contributed by atoms with Crippen LogP contribution in [0.3, 0.4) is 0 Å². The number of morpholine rings is 2. The van der Waals surface area contributed by atoms with Crippen molar-refractivity contribution in [2.45, 2.75) is 19.8 Å². The smallest absolute Gasteiger partial charge is 0.336 e. The number of esters is 1. The Kier molecular flexibility index (Phi) is 6.59. The molecule has 0 aliphatic carbocycles. The third kappa shape index (κ3) is 4.30. The van der Waals surface area contributed by atoms with Gasteiger partial charge >= 0.3 is 5.97 Å². The van der Waals surface area contributed by atoms with Gasteiger partial charge in [0, 0.05) is 49.8 Å². The molecule has 2 fully saturated rings. The second-order valence-corrected chi connectivity index (χ2v) is 8.41. The fourth-order valence-corrected chi connectivity index (χ4v) is 4.69. The molecule has 0 amide bonds. The number of ether oxygens (including phenoxy) is 3. The number of pyridine rings is 1. The monoisotopic (exact) mass is 466 g/mol. The average Bonchev–Trinajstić information content (AvgIpc) is 2.89. The quantitative estimate of drug-likeness (QED) is 0.658. The number of carbonyl (C=O) groups excluding carboxylic acids is 1. The fourth-order valence-electron chi connectivity index (χ4n) is 4.69. The maximum atomic E-state index is 13.2. The SMILES string of the molecule is CCOC(=O)C1=C(C)Nc2nc(N3CCOCC3)nc(N3CCOCC3)c2C1c1cccnc1. The maximum absolute atomic E-state index is 13.2.